The highest BCUT2D eigenvalue weighted by atomic mass is 16.3. The lowest BCUT2D eigenvalue weighted by Gasteiger charge is -2.06. The third kappa shape index (κ3) is 3.72. The van der Waals surface area contributed by atoms with Crippen molar-refractivity contribution in [3.05, 3.63) is 128 Å². The van der Waals surface area contributed by atoms with E-state index >= 15 is 0 Å². The predicted octanol–water partition coefficient (Wildman–Crippen LogP) is 10.6. The Kier molecular flexibility index (Phi) is 4.90. The standard InChI is InChI=1S/C39H21N3O3/c1-2-32(24-6-10-35-29(18-24)27-13-15-41-21-39(27)45-35)42-33(3-1)25-7-11-37-31(19-25)30-17-23(5-9-36(30)43-37)22-4-8-34-28(16-22)26-12-14-40-20-38(26)44-34/h1-21H. The lowest BCUT2D eigenvalue weighted by molar-refractivity contribution is 0.666. The van der Waals surface area contributed by atoms with Gasteiger partial charge in [-0.2, -0.15) is 0 Å². The van der Waals surface area contributed by atoms with Gasteiger partial charge in [-0.1, -0.05) is 18.2 Å². The summed E-state index contributed by atoms with van der Waals surface area (Å²) in [6.07, 6.45) is 7.11. The van der Waals surface area contributed by atoms with Crippen molar-refractivity contribution in [1.82, 2.24) is 15.0 Å². The molecule has 6 aromatic heterocycles. The molecule has 0 aliphatic rings. The van der Waals surface area contributed by atoms with Crippen LogP contribution in [0.15, 0.2) is 141 Å². The highest BCUT2D eigenvalue weighted by Gasteiger charge is 2.14. The average molecular weight is 580 g/mol. The monoisotopic (exact) mass is 579 g/mol. The van der Waals surface area contributed by atoms with Crippen molar-refractivity contribution in [3.63, 3.8) is 0 Å². The first kappa shape index (κ1) is 24.2. The Hall–Kier alpha value is -6.27. The molecule has 10 aromatic rings. The molecule has 0 amide bonds. The number of hydrogen-bond acceptors (Lipinski definition) is 6. The minimum atomic E-state index is 0.781. The van der Waals surface area contributed by atoms with E-state index in [-0.39, 0.29) is 0 Å². The Labute approximate surface area is 255 Å². The lowest BCUT2D eigenvalue weighted by Crippen LogP contribution is -1.88. The molecule has 0 atom stereocenters. The number of hydrogen-bond donors (Lipinski definition) is 0. The van der Waals surface area contributed by atoms with Crippen molar-refractivity contribution in [3.8, 4) is 33.6 Å². The molecule has 6 heteroatoms. The molecule has 4 aromatic carbocycles. The first-order valence-electron chi connectivity index (χ1n) is 14.7. The van der Waals surface area contributed by atoms with Crippen molar-refractivity contribution in [2.45, 2.75) is 0 Å². The van der Waals surface area contributed by atoms with E-state index in [1.165, 1.54) is 0 Å². The highest BCUT2D eigenvalue weighted by Crippen LogP contribution is 2.37. The first-order valence-corrected chi connectivity index (χ1v) is 14.7. The van der Waals surface area contributed by atoms with Gasteiger partial charge in [0.25, 0.3) is 0 Å². The smallest absolute Gasteiger partial charge is 0.153 e. The van der Waals surface area contributed by atoms with Gasteiger partial charge in [0.2, 0.25) is 0 Å². The Balaban J connectivity index is 1.07. The van der Waals surface area contributed by atoms with Crippen LogP contribution in [0.2, 0.25) is 0 Å². The Morgan fingerprint density at radius 3 is 1.24 bits per heavy atom. The van der Waals surface area contributed by atoms with E-state index in [1.807, 2.05) is 36.4 Å². The lowest BCUT2D eigenvalue weighted by atomic mass is 10.00. The van der Waals surface area contributed by atoms with Crippen LogP contribution >= 0.6 is 0 Å². The van der Waals surface area contributed by atoms with Crippen molar-refractivity contribution in [1.29, 1.82) is 0 Å². The van der Waals surface area contributed by atoms with Gasteiger partial charge < -0.3 is 13.3 Å². The van der Waals surface area contributed by atoms with E-state index in [9.17, 15) is 0 Å². The molecule has 0 bridgehead atoms. The quantitative estimate of drug-likeness (QED) is 0.207. The van der Waals surface area contributed by atoms with Gasteiger partial charge in [-0.3, -0.25) is 9.97 Å². The number of nitrogens with zero attached hydrogens (tertiary/aromatic N) is 3. The number of benzene rings is 4. The second-order valence-corrected chi connectivity index (χ2v) is 11.3. The molecule has 0 spiro atoms. The van der Waals surface area contributed by atoms with Crippen LogP contribution < -0.4 is 0 Å². The SMILES string of the molecule is c1cc(-c2ccc3oc4cnccc4c3c2)nc(-c2ccc3oc4ccc(-c5ccc6oc7cnccc7c6c5)cc4c3c2)c1. The second kappa shape index (κ2) is 9.11. The van der Waals surface area contributed by atoms with E-state index in [0.29, 0.717) is 0 Å². The molecule has 0 fully saturated rings. The van der Waals surface area contributed by atoms with Gasteiger partial charge >= 0.3 is 0 Å². The van der Waals surface area contributed by atoms with Gasteiger partial charge in [-0.15, -0.1) is 0 Å². The van der Waals surface area contributed by atoms with Gasteiger partial charge in [0.05, 0.1) is 23.8 Å². The maximum absolute atomic E-state index is 6.26. The number of pyridine rings is 3. The molecule has 6 nitrogen and oxygen atoms in total. The van der Waals surface area contributed by atoms with Crippen LogP contribution in [0.25, 0.3) is 99.5 Å². The number of aromatic nitrogens is 3. The first-order chi connectivity index (χ1) is 22.2. The van der Waals surface area contributed by atoms with E-state index in [2.05, 4.69) is 76.7 Å². The fraction of sp³-hybridized carbons (Fsp3) is 0. The summed E-state index contributed by atoms with van der Waals surface area (Å²) in [7, 11) is 0. The molecule has 0 unspecified atom stereocenters. The summed E-state index contributed by atoms with van der Waals surface area (Å²) >= 11 is 0. The molecular weight excluding hydrogens is 558 g/mol. The normalized spacial score (nSPS) is 12.0. The van der Waals surface area contributed by atoms with Gasteiger partial charge in [0.1, 0.15) is 22.3 Å². The average Bonchev–Trinajstić information content (AvgIpc) is 3.78. The van der Waals surface area contributed by atoms with Crippen molar-refractivity contribution >= 4 is 65.8 Å². The Morgan fingerprint density at radius 1 is 0.356 bits per heavy atom. The molecule has 0 aliphatic carbocycles. The van der Waals surface area contributed by atoms with Crippen LogP contribution in [0.3, 0.4) is 0 Å². The van der Waals surface area contributed by atoms with Crippen LogP contribution in [0, 0.1) is 0 Å². The topological polar surface area (TPSA) is 78.1 Å². The minimum absolute atomic E-state index is 0.781. The fourth-order valence-electron chi connectivity index (χ4n) is 6.47. The summed E-state index contributed by atoms with van der Waals surface area (Å²) in [6.45, 7) is 0. The van der Waals surface area contributed by atoms with Crippen molar-refractivity contribution in [2.75, 3.05) is 0 Å². The van der Waals surface area contributed by atoms with Crippen molar-refractivity contribution < 1.29 is 13.3 Å². The van der Waals surface area contributed by atoms with Gasteiger partial charge in [0.15, 0.2) is 11.2 Å². The summed E-state index contributed by atoms with van der Waals surface area (Å²) in [5.41, 5.74) is 11.0. The molecule has 0 N–H and O–H groups in total. The van der Waals surface area contributed by atoms with E-state index in [1.54, 1.807) is 24.8 Å². The minimum Gasteiger partial charge on any atom is -0.456 e. The summed E-state index contributed by atoms with van der Waals surface area (Å²) < 4.78 is 18.2. The molecule has 210 valence electrons. The molecule has 10 rings (SSSR count). The van der Waals surface area contributed by atoms with Gasteiger partial charge in [-0.25, -0.2) is 4.98 Å². The Bertz CT molecular complexity index is 2790. The fourth-order valence-corrected chi connectivity index (χ4v) is 6.47. The van der Waals surface area contributed by atoms with E-state index < -0.39 is 0 Å². The van der Waals surface area contributed by atoms with Crippen LogP contribution in [0.4, 0.5) is 0 Å². The second-order valence-electron chi connectivity index (χ2n) is 11.3. The zero-order chi connectivity index (χ0) is 29.5. The van der Waals surface area contributed by atoms with Crippen LogP contribution in [-0.4, -0.2) is 15.0 Å². The number of rotatable bonds is 3. The number of fused-ring (bicyclic) bond motifs is 9. The van der Waals surface area contributed by atoms with Crippen molar-refractivity contribution in [2.24, 2.45) is 0 Å². The molecule has 0 saturated carbocycles. The highest BCUT2D eigenvalue weighted by molar-refractivity contribution is 6.09. The zero-order valence-corrected chi connectivity index (χ0v) is 23.7. The molecule has 45 heavy (non-hydrogen) atoms. The predicted molar refractivity (Wildman–Crippen MR) is 178 cm³/mol. The molecule has 6 heterocycles. The van der Waals surface area contributed by atoms with Crippen LogP contribution in [-0.2, 0) is 0 Å². The Morgan fingerprint density at radius 2 is 0.756 bits per heavy atom. The van der Waals surface area contributed by atoms with Crippen LogP contribution in [0.5, 0.6) is 0 Å². The largest absolute Gasteiger partial charge is 0.456 e. The van der Waals surface area contributed by atoms with Gasteiger partial charge in [0, 0.05) is 55.8 Å². The van der Waals surface area contributed by atoms with E-state index in [0.717, 1.165) is 99.5 Å². The molecular formula is C39H21N3O3. The third-order valence-electron chi connectivity index (χ3n) is 8.69. The van der Waals surface area contributed by atoms with Crippen LogP contribution in [0.1, 0.15) is 0 Å². The molecule has 0 radical (unpaired) electrons. The molecule has 0 aliphatic heterocycles. The third-order valence-corrected chi connectivity index (χ3v) is 8.69. The zero-order valence-electron chi connectivity index (χ0n) is 23.7. The summed E-state index contributed by atoms with van der Waals surface area (Å²) in [6, 6.07) is 35.3. The number of furan rings is 3. The summed E-state index contributed by atoms with van der Waals surface area (Å²) in [5, 5.41) is 6.35. The van der Waals surface area contributed by atoms with E-state index in [4.69, 9.17) is 18.2 Å². The maximum atomic E-state index is 6.26. The molecule has 0 saturated heterocycles. The summed E-state index contributed by atoms with van der Waals surface area (Å²) in [4.78, 5) is 13.5. The maximum Gasteiger partial charge on any atom is 0.153 e. The van der Waals surface area contributed by atoms with Gasteiger partial charge in [-0.05, 0) is 96.1 Å². The summed E-state index contributed by atoms with van der Waals surface area (Å²) in [5.74, 6) is 0.